The Labute approximate surface area is 172 Å². The lowest BCUT2D eigenvalue weighted by Gasteiger charge is -2.17. The third kappa shape index (κ3) is 6.82. The molecule has 1 saturated heterocycles. The summed E-state index contributed by atoms with van der Waals surface area (Å²) in [6, 6.07) is 5.69. The third-order valence-electron chi connectivity index (χ3n) is 3.95. The Morgan fingerprint density at radius 1 is 1.35 bits per heavy atom. The van der Waals surface area contributed by atoms with Gasteiger partial charge in [0.05, 0.1) is 25.2 Å². The largest absolute Gasteiger partial charge is 0.493 e. The topological polar surface area (TPSA) is 89.0 Å². The van der Waals surface area contributed by atoms with E-state index in [0.29, 0.717) is 31.3 Å². The molecule has 1 unspecified atom stereocenters. The Kier molecular flexibility index (Phi) is 9.48. The SMILES string of the molecule is CCCOc1ccc(CNC(=NC)NC2CCS(=O)(=O)C2)cc1OC.I. The van der Waals surface area contributed by atoms with Gasteiger partial charge in [0.2, 0.25) is 0 Å². The Morgan fingerprint density at radius 2 is 2.12 bits per heavy atom. The van der Waals surface area contributed by atoms with E-state index in [1.165, 1.54) is 0 Å². The first-order valence-electron chi connectivity index (χ1n) is 8.44. The molecule has 1 fully saturated rings. The number of halogens is 1. The highest BCUT2D eigenvalue weighted by Gasteiger charge is 2.28. The molecule has 0 amide bonds. The van der Waals surface area contributed by atoms with Crippen LogP contribution in [0.1, 0.15) is 25.3 Å². The average Bonchev–Trinajstić information content (AvgIpc) is 2.95. The summed E-state index contributed by atoms with van der Waals surface area (Å²) in [7, 11) is 0.371. The highest BCUT2D eigenvalue weighted by molar-refractivity contribution is 14.0. The normalized spacial score (nSPS) is 18.7. The minimum absolute atomic E-state index is 0. The molecule has 2 rings (SSSR count). The van der Waals surface area contributed by atoms with Crippen LogP contribution in [0.2, 0.25) is 0 Å². The zero-order valence-electron chi connectivity index (χ0n) is 15.4. The third-order valence-corrected chi connectivity index (χ3v) is 5.71. The summed E-state index contributed by atoms with van der Waals surface area (Å²) in [4.78, 5) is 4.16. The van der Waals surface area contributed by atoms with Crippen molar-refractivity contribution in [1.82, 2.24) is 10.6 Å². The molecule has 1 aliphatic rings. The molecule has 1 atom stereocenters. The Morgan fingerprint density at radius 3 is 2.69 bits per heavy atom. The number of rotatable bonds is 7. The molecule has 0 saturated carbocycles. The summed E-state index contributed by atoms with van der Waals surface area (Å²) < 4.78 is 34.1. The van der Waals surface area contributed by atoms with Gasteiger partial charge < -0.3 is 20.1 Å². The quantitative estimate of drug-likeness (QED) is 0.340. The van der Waals surface area contributed by atoms with E-state index in [1.807, 2.05) is 18.2 Å². The molecule has 1 heterocycles. The number of nitrogens with one attached hydrogen (secondary N) is 2. The molecular formula is C17H28IN3O4S. The van der Waals surface area contributed by atoms with Crippen molar-refractivity contribution >= 4 is 39.8 Å². The lowest BCUT2D eigenvalue weighted by molar-refractivity contribution is 0.294. The van der Waals surface area contributed by atoms with E-state index in [1.54, 1.807) is 14.2 Å². The van der Waals surface area contributed by atoms with Crippen LogP contribution < -0.4 is 20.1 Å². The zero-order chi connectivity index (χ0) is 18.3. The maximum Gasteiger partial charge on any atom is 0.191 e. The number of hydrogen-bond acceptors (Lipinski definition) is 5. The molecule has 9 heteroatoms. The van der Waals surface area contributed by atoms with Gasteiger partial charge in [-0.3, -0.25) is 4.99 Å². The van der Waals surface area contributed by atoms with Crippen molar-refractivity contribution in [1.29, 1.82) is 0 Å². The maximum absolute atomic E-state index is 11.5. The van der Waals surface area contributed by atoms with Gasteiger partial charge in [-0.25, -0.2) is 8.42 Å². The van der Waals surface area contributed by atoms with Gasteiger partial charge in [-0.05, 0) is 30.5 Å². The van der Waals surface area contributed by atoms with E-state index >= 15 is 0 Å². The van der Waals surface area contributed by atoms with E-state index in [-0.39, 0.29) is 41.5 Å². The Hall–Kier alpha value is -1.23. The summed E-state index contributed by atoms with van der Waals surface area (Å²) in [6.07, 6.45) is 1.55. The van der Waals surface area contributed by atoms with Crippen molar-refractivity contribution in [3.8, 4) is 11.5 Å². The Balaban J connectivity index is 0.00000338. The number of guanidine groups is 1. The van der Waals surface area contributed by atoms with Gasteiger partial charge in [-0.2, -0.15) is 0 Å². The van der Waals surface area contributed by atoms with Crippen molar-refractivity contribution < 1.29 is 17.9 Å². The first kappa shape index (κ1) is 22.8. The van der Waals surface area contributed by atoms with Crippen LogP contribution in [0.3, 0.4) is 0 Å². The first-order valence-corrected chi connectivity index (χ1v) is 10.3. The fraction of sp³-hybridized carbons (Fsp3) is 0.588. The second kappa shape index (κ2) is 10.8. The van der Waals surface area contributed by atoms with Crippen LogP contribution in [0.25, 0.3) is 0 Å². The molecule has 1 aromatic rings. The summed E-state index contributed by atoms with van der Waals surface area (Å²) in [6.45, 7) is 3.25. The van der Waals surface area contributed by atoms with Crippen LogP contribution >= 0.6 is 24.0 Å². The van der Waals surface area contributed by atoms with Gasteiger partial charge in [-0.1, -0.05) is 13.0 Å². The van der Waals surface area contributed by atoms with Crippen LogP contribution in [0.5, 0.6) is 11.5 Å². The molecule has 0 spiro atoms. The predicted octanol–water partition coefficient (Wildman–Crippen LogP) is 1.95. The van der Waals surface area contributed by atoms with Crippen molar-refractivity contribution in [2.75, 3.05) is 32.3 Å². The van der Waals surface area contributed by atoms with Gasteiger partial charge in [0.25, 0.3) is 0 Å². The summed E-state index contributed by atoms with van der Waals surface area (Å²) in [5.74, 6) is 2.40. The molecule has 0 radical (unpaired) electrons. The van der Waals surface area contributed by atoms with Crippen LogP contribution in [-0.4, -0.2) is 52.7 Å². The molecule has 148 valence electrons. The fourth-order valence-electron chi connectivity index (χ4n) is 2.64. The van der Waals surface area contributed by atoms with E-state index in [0.717, 1.165) is 17.7 Å². The van der Waals surface area contributed by atoms with Crippen LogP contribution in [0.4, 0.5) is 0 Å². The molecule has 2 N–H and O–H groups in total. The van der Waals surface area contributed by atoms with E-state index in [9.17, 15) is 8.42 Å². The standard InChI is InChI=1S/C17H27N3O4S.HI/c1-4-8-24-15-6-5-13(10-16(15)23-3)11-19-17(18-2)20-14-7-9-25(21,22)12-14;/h5-6,10,14H,4,7-9,11-12H2,1-3H3,(H2,18,19,20);1H. The van der Waals surface area contributed by atoms with Crippen molar-refractivity contribution in [3.05, 3.63) is 23.8 Å². The number of nitrogens with zero attached hydrogens (tertiary/aromatic N) is 1. The average molecular weight is 497 g/mol. The summed E-state index contributed by atoms with van der Waals surface area (Å²) in [5, 5.41) is 6.36. The number of sulfone groups is 1. The van der Waals surface area contributed by atoms with Gasteiger partial charge in [0.15, 0.2) is 27.3 Å². The number of hydrogen-bond donors (Lipinski definition) is 2. The molecule has 0 aromatic heterocycles. The highest BCUT2D eigenvalue weighted by Crippen LogP contribution is 2.28. The molecule has 26 heavy (non-hydrogen) atoms. The number of aliphatic imine (C=N–C) groups is 1. The van der Waals surface area contributed by atoms with Crippen LogP contribution in [0, 0.1) is 0 Å². The molecule has 1 aromatic carbocycles. The highest BCUT2D eigenvalue weighted by atomic mass is 127. The van der Waals surface area contributed by atoms with Gasteiger partial charge in [-0.15, -0.1) is 24.0 Å². The smallest absolute Gasteiger partial charge is 0.191 e. The Bertz CT molecular complexity index is 710. The molecule has 1 aliphatic heterocycles. The van der Waals surface area contributed by atoms with Crippen molar-refractivity contribution in [2.24, 2.45) is 4.99 Å². The number of benzene rings is 1. The lowest BCUT2D eigenvalue weighted by atomic mass is 10.2. The number of methoxy groups -OCH3 is 1. The van der Waals surface area contributed by atoms with E-state index in [4.69, 9.17) is 9.47 Å². The predicted molar refractivity (Wildman–Crippen MR) is 115 cm³/mol. The van der Waals surface area contributed by atoms with Gasteiger partial charge in [0, 0.05) is 19.6 Å². The summed E-state index contributed by atoms with van der Waals surface area (Å²) in [5.41, 5.74) is 1.02. The minimum atomic E-state index is -2.91. The second-order valence-electron chi connectivity index (χ2n) is 6.00. The van der Waals surface area contributed by atoms with Gasteiger partial charge >= 0.3 is 0 Å². The van der Waals surface area contributed by atoms with Gasteiger partial charge in [0.1, 0.15) is 0 Å². The van der Waals surface area contributed by atoms with Crippen molar-refractivity contribution in [3.63, 3.8) is 0 Å². The number of ether oxygens (including phenoxy) is 2. The summed E-state index contributed by atoms with van der Waals surface area (Å²) >= 11 is 0. The molecule has 0 aliphatic carbocycles. The molecule has 7 nitrogen and oxygen atoms in total. The second-order valence-corrected chi connectivity index (χ2v) is 8.23. The molecule has 0 bridgehead atoms. The van der Waals surface area contributed by atoms with Crippen molar-refractivity contribution in [2.45, 2.75) is 32.4 Å². The maximum atomic E-state index is 11.5. The monoisotopic (exact) mass is 497 g/mol. The minimum Gasteiger partial charge on any atom is -0.493 e. The fourth-order valence-corrected chi connectivity index (χ4v) is 4.31. The van der Waals surface area contributed by atoms with Crippen LogP contribution in [0.15, 0.2) is 23.2 Å². The lowest BCUT2D eigenvalue weighted by Crippen LogP contribution is -2.43. The zero-order valence-corrected chi connectivity index (χ0v) is 18.6. The first-order chi connectivity index (χ1) is 12.0. The van der Waals surface area contributed by atoms with Crippen LogP contribution in [-0.2, 0) is 16.4 Å². The molecular weight excluding hydrogens is 469 g/mol. The van der Waals surface area contributed by atoms with E-state index in [2.05, 4.69) is 22.5 Å². The van der Waals surface area contributed by atoms with E-state index < -0.39 is 9.84 Å².